The minimum absolute atomic E-state index is 0.00399. The van der Waals surface area contributed by atoms with Crippen LogP contribution in [0.3, 0.4) is 0 Å². The second-order valence-corrected chi connectivity index (χ2v) is 7.32. The topological polar surface area (TPSA) is 115 Å². The number of nitrogens with two attached hydrogens (primary N) is 2. The van der Waals surface area contributed by atoms with E-state index in [4.69, 9.17) is 5.73 Å². The lowest BCUT2D eigenvalue weighted by molar-refractivity contribution is -0.850. The normalized spacial score (nSPS) is 13.2. The Morgan fingerprint density at radius 1 is 1.27 bits per heavy atom. The maximum Gasteiger partial charge on any atom is 0.390 e. The monoisotopic (exact) mass is 467 g/mol. The Balaban J connectivity index is 2.38. The number of quaternary nitrogens is 1. The van der Waals surface area contributed by atoms with Crippen molar-refractivity contribution < 1.29 is 28.2 Å². The fourth-order valence-corrected chi connectivity index (χ4v) is 3.30. The molecule has 2 aromatic heterocycles. The van der Waals surface area contributed by atoms with Crippen molar-refractivity contribution in [1.82, 2.24) is 19.2 Å². The van der Waals surface area contributed by atoms with Crippen molar-refractivity contribution in [3.05, 3.63) is 64.0 Å². The van der Waals surface area contributed by atoms with E-state index in [1.54, 1.807) is 19.1 Å². The van der Waals surface area contributed by atoms with Crippen molar-refractivity contribution >= 4 is 17.2 Å². The predicted molar refractivity (Wildman–Crippen MR) is 113 cm³/mol. The number of hydrogen-bond acceptors (Lipinski definition) is 5. The molecule has 0 aliphatic rings. The van der Waals surface area contributed by atoms with Gasteiger partial charge in [0.05, 0.1) is 24.2 Å². The summed E-state index contributed by atoms with van der Waals surface area (Å²) in [6, 6.07) is 5.38. The lowest BCUT2D eigenvalue weighted by Gasteiger charge is -2.13. The summed E-state index contributed by atoms with van der Waals surface area (Å²) in [6.45, 7) is 2.80. The summed E-state index contributed by atoms with van der Waals surface area (Å²) in [5.74, 6) is -0.751. The average Bonchev–Trinajstić information content (AvgIpc) is 3.08. The Morgan fingerprint density at radius 2 is 1.94 bits per heavy atom. The lowest BCUT2D eigenvalue weighted by atomic mass is 9.98. The van der Waals surface area contributed by atoms with Gasteiger partial charge in [-0.2, -0.15) is 18.7 Å². The second-order valence-electron chi connectivity index (χ2n) is 7.32. The lowest BCUT2D eigenvalue weighted by Crippen LogP contribution is -2.77. The molecule has 12 heteroatoms. The third-order valence-electron chi connectivity index (χ3n) is 4.78. The molecule has 0 aliphatic carbocycles. The van der Waals surface area contributed by atoms with E-state index in [9.17, 15) is 27.6 Å². The number of benzene rings is 1. The van der Waals surface area contributed by atoms with Gasteiger partial charge in [-0.05, 0) is 36.3 Å². The number of alkyl halides is 3. The molecule has 0 spiro atoms. The molecule has 0 saturated heterocycles. The number of aromatic nitrogens is 4. The molecule has 0 atom stereocenters. The van der Waals surface area contributed by atoms with E-state index in [0.717, 1.165) is 9.88 Å². The number of fused-ring (bicyclic) bond motifs is 1. The summed E-state index contributed by atoms with van der Waals surface area (Å²) in [4.78, 5) is 17.1. The smallest absolute Gasteiger partial charge is 0.369 e. The molecule has 0 fully saturated rings. The van der Waals surface area contributed by atoms with Crippen LogP contribution in [0.2, 0.25) is 0 Å². The third kappa shape index (κ3) is 5.29. The number of rotatable bonds is 7. The summed E-state index contributed by atoms with van der Waals surface area (Å²) in [7, 11) is 0. The van der Waals surface area contributed by atoms with Crippen LogP contribution in [0, 0.1) is 5.82 Å². The number of nitrogen functional groups attached to an aromatic ring is 1. The van der Waals surface area contributed by atoms with E-state index < -0.39 is 30.6 Å². The van der Waals surface area contributed by atoms with Crippen molar-refractivity contribution in [2.24, 2.45) is 0 Å². The summed E-state index contributed by atoms with van der Waals surface area (Å²) in [6.07, 6.45) is -1.79. The Morgan fingerprint density at radius 3 is 2.52 bits per heavy atom. The number of nitrogens with zero attached hydrogens (tertiary/aromatic N) is 4. The van der Waals surface area contributed by atoms with Crippen LogP contribution in [0.5, 0.6) is 0 Å². The molecule has 3 rings (SSSR count). The molecule has 8 nitrogen and oxygen atoms in total. The summed E-state index contributed by atoms with van der Waals surface area (Å²) in [5.41, 5.74) is 8.02. The molecule has 176 valence electrons. The van der Waals surface area contributed by atoms with Gasteiger partial charge in [-0.15, -0.1) is 5.10 Å². The van der Waals surface area contributed by atoms with Crippen molar-refractivity contribution in [3.63, 3.8) is 0 Å². The standard InChI is InChI=1S/C21H22F4N6O2/c1-3-4-14(11-12(2)29-33)16-17(13-5-7-15(22)8-6-13)27-19(26)31-18(16)28-30(20(31)32)10-9-21(23,24)25/h4-8,11,29,33H,3,9-10H2,1-2H3,(H2,26,27)/p+1/b12-11-,14-4+. The number of anilines is 1. The summed E-state index contributed by atoms with van der Waals surface area (Å²) in [5, 5.41) is 13.5. The number of halogens is 4. The van der Waals surface area contributed by atoms with Crippen LogP contribution < -0.4 is 16.9 Å². The SMILES string of the molecule is CC/C=C(\C=C(\C)[NH2+]O)c1c(-c2ccc(F)cc2)nc(N)n2c(=O)n(CCC(F)(F)F)nc12. The maximum atomic E-state index is 13.5. The third-order valence-corrected chi connectivity index (χ3v) is 4.78. The predicted octanol–water partition coefficient (Wildman–Crippen LogP) is 2.88. The minimum Gasteiger partial charge on any atom is -0.369 e. The van der Waals surface area contributed by atoms with Crippen LogP contribution in [-0.4, -0.2) is 30.5 Å². The van der Waals surface area contributed by atoms with Crippen LogP contribution in [0.4, 0.5) is 23.5 Å². The molecular formula is C21H23F4N6O2+. The zero-order valence-electron chi connectivity index (χ0n) is 17.9. The van der Waals surface area contributed by atoms with Gasteiger partial charge in [0.15, 0.2) is 5.65 Å². The average molecular weight is 467 g/mol. The highest BCUT2D eigenvalue weighted by molar-refractivity contribution is 5.91. The zero-order valence-corrected chi connectivity index (χ0v) is 17.9. The minimum atomic E-state index is -4.48. The van der Waals surface area contributed by atoms with Crippen LogP contribution in [-0.2, 0) is 6.54 Å². The van der Waals surface area contributed by atoms with Gasteiger partial charge >= 0.3 is 11.9 Å². The molecule has 3 aromatic rings. The molecular weight excluding hydrogens is 444 g/mol. The van der Waals surface area contributed by atoms with Crippen LogP contribution in [0.15, 0.2) is 46.9 Å². The number of hydrogen-bond donors (Lipinski definition) is 3. The fraction of sp³-hybridized carbons (Fsp3) is 0.286. The van der Waals surface area contributed by atoms with Gasteiger partial charge in [-0.1, -0.05) is 13.0 Å². The molecule has 5 N–H and O–H groups in total. The van der Waals surface area contributed by atoms with Gasteiger partial charge in [-0.3, -0.25) is 0 Å². The quantitative estimate of drug-likeness (QED) is 0.281. The number of aryl methyl sites for hydroxylation is 1. The Labute approximate surface area is 185 Å². The van der Waals surface area contributed by atoms with Crippen molar-refractivity contribution in [3.8, 4) is 11.3 Å². The van der Waals surface area contributed by atoms with Gasteiger partial charge in [0.2, 0.25) is 5.95 Å². The van der Waals surface area contributed by atoms with Crippen LogP contribution in [0.25, 0.3) is 22.5 Å². The van der Waals surface area contributed by atoms with E-state index in [2.05, 4.69) is 10.1 Å². The van der Waals surface area contributed by atoms with Crippen LogP contribution >= 0.6 is 0 Å². The van der Waals surface area contributed by atoms with E-state index >= 15 is 0 Å². The Bertz CT molecular complexity index is 1270. The Hall–Kier alpha value is -3.51. The van der Waals surface area contributed by atoms with E-state index in [1.165, 1.54) is 24.3 Å². The molecule has 0 bridgehead atoms. The highest BCUT2D eigenvalue weighted by Crippen LogP contribution is 2.33. The van der Waals surface area contributed by atoms with Gasteiger partial charge < -0.3 is 5.73 Å². The maximum absolute atomic E-state index is 13.5. The second kappa shape index (κ2) is 9.55. The molecule has 2 heterocycles. The van der Waals surface area contributed by atoms with Gasteiger partial charge in [0.25, 0.3) is 0 Å². The van der Waals surface area contributed by atoms with E-state index in [0.29, 0.717) is 33.5 Å². The molecule has 0 aliphatic heterocycles. The van der Waals surface area contributed by atoms with Crippen LogP contribution in [0.1, 0.15) is 32.3 Å². The van der Waals surface area contributed by atoms with Crippen molar-refractivity contribution in [2.45, 2.75) is 39.4 Å². The Kier molecular flexibility index (Phi) is 6.98. The van der Waals surface area contributed by atoms with Gasteiger partial charge in [-0.25, -0.2) is 28.5 Å². The largest absolute Gasteiger partial charge is 0.390 e. The molecule has 0 radical (unpaired) electrons. The first-order valence-corrected chi connectivity index (χ1v) is 10.0. The highest BCUT2D eigenvalue weighted by Gasteiger charge is 2.28. The van der Waals surface area contributed by atoms with E-state index in [-0.39, 0.29) is 17.3 Å². The summed E-state index contributed by atoms with van der Waals surface area (Å²) < 4.78 is 53.4. The van der Waals surface area contributed by atoms with Gasteiger partial charge in [0, 0.05) is 18.6 Å². The molecule has 33 heavy (non-hydrogen) atoms. The number of allylic oxidation sites excluding steroid dienone is 4. The van der Waals surface area contributed by atoms with E-state index in [1.807, 2.05) is 6.92 Å². The molecule has 1 aromatic carbocycles. The first-order valence-electron chi connectivity index (χ1n) is 10.0. The first-order chi connectivity index (χ1) is 15.6. The summed E-state index contributed by atoms with van der Waals surface area (Å²) >= 11 is 0. The molecule has 0 unspecified atom stereocenters. The number of hydroxylamine groups is 1. The zero-order chi connectivity index (χ0) is 24.3. The first kappa shape index (κ1) is 24.1. The highest BCUT2D eigenvalue weighted by atomic mass is 19.4. The van der Waals surface area contributed by atoms with Gasteiger partial charge in [0.1, 0.15) is 11.5 Å². The van der Waals surface area contributed by atoms with Crippen molar-refractivity contribution in [1.29, 1.82) is 0 Å². The molecule has 0 amide bonds. The fourth-order valence-electron chi connectivity index (χ4n) is 3.30. The van der Waals surface area contributed by atoms with Crippen molar-refractivity contribution in [2.75, 3.05) is 5.73 Å². The molecule has 0 saturated carbocycles.